The van der Waals surface area contributed by atoms with Crippen molar-refractivity contribution in [2.24, 2.45) is 0 Å². The quantitative estimate of drug-likeness (QED) is 0.383. The van der Waals surface area contributed by atoms with Gasteiger partial charge >= 0.3 is 5.97 Å². The van der Waals surface area contributed by atoms with E-state index in [0.717, 1.165) is 21.4 Å². The van der Waals surface area contributed by atoms with Crippen LogP contribution in [0.3, 0.4) is 0 Å². The van der Waals surface area contributed by atoms with E-state index in [1.807, 2.05) is 43.5 Å². The number of thiophene rings is 1. The van der Waals surface area contributed by atoms with E-state index in [2.05, 4.69) is 4.98 Å². The second-order valence-corrected chi connectivity index (χ2v) is 11.0. The zero-order valence-corrected chi connectivity index (χ0v) is 20.6. The summed E-state index contributed by atoms with van der Waals surface area (Å²) in [7, 11) is -2.81. The maximum atomic E-state index is 13.7. The van der Waals surface area contributed by atoms with Crippen LogP contribution in [0.2, 0.25) is 0 Å². The van der Waals surface area contributed by atoms with Gasteiger partial charge in [-0.3, -0.25) is 4.79 Å². The molecule has 9 heteroatoms. The molecule has 0 aliphatic carbocycles. The first-order valence-corrected chi connectivity index (χ1v) is 12.8. The minimum atomic E-state index is -4.05. The molecule has 0 fully saturated rings. The highest BCUT2D eigenvalue weighted by atomic mass is 32.2. The van der Waals surface area contributed by atoms with Crippen LogP contribution in [0.25, 0.3) is 10.9 Å². The van der Waals surface area contributed by atoms with Crippen molar-refractivity contribution < 1.29 is 17.9 Å². The van der Waals surface area contributed by atoms with Gasteiger partial charge in [0.2, 0.25) is 10.0 Å². The maximum Gasteiger partial charge on any atom is 0.337 e. The number of carbonyl (C=O) groups is 1. The maximum absolute atomic E-state index is 13.7. The highest BCUT2D eigenvalue weighted by Gasteiger charge is 2.27. The number of aromatic nitrogens is 1. The zero-order chi connectivity index (χ0) is 24.5. The third kappa shape index (κ3) is 4.82. The molecule has 176 valence electrons. The number of aryl methyl sites for hydroxylation is 2. The number of fused-ring (bicyclic) bond motifs is 1. The van der Waals surface area contributed by atoms with Gasteiger partial charge in [-0.2, -0.15) is 4.31 Å². The lowest BCUT2D eigenvalue weighted by Crippen LogP contribution is -2.32. The van der Waals surface area contributed by atoms with Gasteiger partial charge in [0.25, 0.3) is 5.56 Å². The molecular weight excluding hydrogens is 472 g/mol. The van der Waals surface area contributed by atoms with Gasteiger partial charge in [0.1, 0.15) is 0 Å². The number of hydrogen-bond donors (Lipinski definition) is 1. The Balaban J connectivity index is 1.79. The first-order chi connectivity index (χ1) is 16.2. The summed E-state index contributed by atoms with van der Waals surface area (Å²) < 4.78 is 33.3. The predicted molar refractivity (Wildman–Crippen MR) is 133 cm³/mol. The first kappa shape index (κ1) is 23.9. The van der Waals surface area contributed by atoms with Crippen LogP contribution in [0.5, 0.6) is 0 Å². The monoisotopic (exact) mass is 496 g/mol. The number of methoxy groups -OCH3 is 1. The fourth-order valence-electron chi connectivity index (χ4n) is 3.88. The van der Waals surface area contributed by atoms with Gasteiger partial charge in [0.05, 0.1) is 17.6 Å². The third-order valence-electron chi connectivity index (χ3n) is 5.54. The van der Waals surface area contributed by atoms with Crippen molar-refractivity contribution in [1.29, 1.82) is 0 Å². The molecule has 2 aromatic heterocycles. The molecule has 0 aliphatic rings. The second-order valence-electron chi connectivity index (χ2n) is 8.04. The van der Waals surface area contributed by atoms with E-state index in [-0.39, 0.29) is 29.1 Å². The van der Waals surface area contributed by atoms with Gasteiger partial charge in [-0.15, -0.1) is 11.3 Å². The summed E-state index contributed by atoms with van der Waals surface area (Å²) in [6.07, 6.45) is 0. The third-order valence-corrected chi connectivity index (χ3v) is 8.19. The van der Waals surface area contributed by atoms with Crippen molar-refractivity contribution in [3.8, 4) is 0 Å². The smallest absolute Gasteiger partial charge is 0.337 e. The summed E-state index contributed by atoms with van der Waals surface area (Å²) in [4.78, 5) is 28.5. The number of hydrogen-bond acceptors (Lipinski definition) is 6. The average molecular weight is 497 g/mol. The summed E-state index contributed by atoms with van der Waals surface area (Å²) >= 11 is 1.43. The number of carbonyl (C=O) groups excluding carboxylic acids is 1. The minimum Gasteiger partial charge on any atom is -0.465 e. The largest absolute Gasteiger partial charge is 0.465 e. The van der Waals surface area contributed by atoms with E-state index >= 15 is 0 Å². The Kier molecular flexibility index (Phi) is 6.70. The minimum absolute atomic E-state index is 0.0454. The topological polar surface area (TPSA) is 96.5 Å². The number of ether oxygens (including phenoxy) is 1. The predicted octanol–water partition coefficient (Wildman–Crippen LogP) is 4.38. The molecule has 34 heavy (non-hydrogen) atoms. The van der Waals surface area contributed by atoms with E-state index in [1.54, 1.807) is 6.07 Å². The lowest BCUT2D eigenvalue weighted by molar-refractivity contribution is 0.0600. The Morgan fingerprint density at radius 3 is 2.56 bits per heavy atom. The fourth-order valence-corrected chi connectivity index (χ4v) is 6.12. The molecule has 0 unspecified atom stereocenters. The van der Waals surface area contributed by atoms with Crippen LogP contribution in [0.4, 0.5) is 0 Å². The number of sulfonamides is 1. The van der Waals surface area contributed by atoms with Crippen molar-refractivity contribution in [3.63, 3.8) is 0 Å². The normalized spacial score (nSPS) is 11.8. The molecule has 0 aliphatic heterocycles. The van der Waals surface area contributed by atoms with Crippen LogP contribution < -0.4 is 5.56 Å². The van der Waals surface area contributed by atoms with E-state index in [4.69, 9.17) is 4.74 Å². The van der Waals surface area contributed by atoms with Crippen molar-refractivity contribution in [2.45, 2.75) is 31.8 Å². The number of nitrogens with one attached hydrogen (secondary N) is 1. The molecular formula is C25H24N2O5S2. The van der Waals surface area contributed by atoms with Crippen molar-refractivity contribution in [1.82, 2.24) is 9.29 Å². The molecule has 0 spiro atoms. The van der Waals surface area contributed by atoms with Crippen LogP contribution in [-0.4, -0.2) is 30.8 Å². The van der Waals surface area contributed by atoms with Crippen molar-refractivity contribution in [2.75, 3.05) is 7.11 Å². The molecule has 4 rings (SSSR count). The number of esters is 1. The fraction of sp³-hybridized carbons (Fsp3) is 0.200. The highest BCUT2D eigenvalue weighted by Crippen LogP contribution is 2.25. The van der Waals surface area contributed by atoms with Crippen LogP contribution >= 0.6 is 11.3 Å². The van der Waals surface area contributed by atoms with Gasteiger partial charge in [0, 0.05) is 34.4 Å². The molecule has 2 aromatic carbocycles. The molecule has 0 radical (unpaired) electrons. The summed E-state index contributed by atoms with van der Waals surface area (Å²) in [5.74, 6) is -0.626. The SMILES string of the molecule is COC(=O)c1cccc(S(=O)(=O)N(Cc2cccs2)Cc2cc3c(C)cc(C)cc3[nH]c2=O)c1. The number of pyridine rings is 1. The molecule has 0 bridgehead atoms. The molecule has 0 saturated heterocycles. The Labute approximate surface area is 201 Å². The molecule has 0 amide bonds. The molecule has 4 aromatic rings. The van der Waals surface area contributed by atoms with Gasteiger partial charge in [-0.25, -0.2) is 13.2 Å². The van der Waals surface area contributed by atoms with E-state index in [9.17, 15) is 18.0 Å². The Hall–Kier alpha value is -3.27. The summed E-state index contributed by atoms with van der Waals surface area (Å²) in [5.41, 5.74) is 2.86. The first-order valence-electron chi connectivity index (χ1n) is 10.5. The number of benzene rings is 2. The molecule has 7 nitrogen and oxygen atoms in total. The summed E-state index contributed by atoms with van der Waals surface area (Å²) in [6, 6.07) is 15.1. The Morgan fingerprint density at radius 1 is 1.06 bits per heavy atom. The molecule has 0 atom stereocenters. The van der Waals surface area contributed by atoms with E-state index in [0.29, 0.717) is 11.1 Å². The van der Waals surface area contributed by atoms with Crippen LogP contribution in [-0.2, 0) is 27.8 Å². The standard InChI is InChI=1S/C25H24N2O5S2/c1-16-10-17(2)22-13-19(24(28)26-23(22)11-16)14-27(15-20-7-5-9-33-20)34(30,31)21-8-4-6-18(12-21)25(29)32-3/h4-13H,14-15H2,1-3H3,(H,26,28). The van der Waals surface area contributed by atoms with Gasteiger partial charge in [-0.05, 0) is 66.8 Å². The molecule has 0 saturated carbocycles. The Bertz CT molecular complexity index is 1520. The van der Waals surface area contributed by atoms with E-state index in [1.165, 1.54) is 47.0 Å². The van der Waals surface area contributed by atoms with Gasteiger partial charge < -0.3 is 9.72 Å². The second kappa shape index (κ2) is 9.54. The van der Waals surface area contributed by atoms with Crippen LogP contribution in [0.15, 0.2) is 69.7 Å². The number of rotatable bonds is 7. The number of H-pyrrole nitrogens is 1. The van der Waals surface area contributed by atoms with Gasteiger partial charge in [-0.1, -0.05) is 18.2 Å². The zero-order valence-electron chi connectivity index (χ0n) is 19.0. The lowest BCUT2D eigenvalue weighted by atomic mass is 10.0. The van der Waals surface area contributed by atoms with E-state index < -0.39 is 16.0 Å². The summed E-state index contributed by atoms with van der Waals surface area (Å²) in [6.45, 7) is 3.88. The van der Waals surface area contributed by atoms with Crippen LogP contribution in [0.1, 0.15) is 31.9 Å². The summed E-state index contributed by atoms with van der Waals surface area (Å²) in [5, 5.41) is 2.73. The highest BCUT2D eigenvalue weighted by molar-refractivity contribution is 7.89. The van der Waals surface area contributed by atoms with Gasteiger partial charge in [0.15, 0.2) is 0 Å². The van der Waals surface area contributed by atoms with Crippen molar-refractivity contribution in [3.05, 3.63) is 97.5 Å². The van der Waals surface area contributed by atoms with Crippen LogP contribution in [0, 0.1) is 13.8 Å². The number of aromatic amines is 1. The number of nitrogens with zero attached hydrogens (tertiary/aromatic N) is 1. The molecule has 2 heterocycles. The Morgan fingerprint density at radius 2 is 1.85 bits per heavy atom. The molecule has 1 N–H and O–H groups in total. The average Bonchev–Trinajstić information content (AvgIpc) is 3.32. The lowest BCUT2D eigenvalue weighted by Gasteiger charge is -2.22. The van der Waals surface area contributed by atoms with Crippen molar-refractivity contribution >= 4 is 38.2 Å².